The number of aryl methyl sites for hydroxylation is 1. The molecule has 4 heteroatoms. The Bertz CT molecular complexity index is 466. The van der Waals surface area contributed by atoms with Crippen molar-refractivity contribution < 1.29 is 14.3 Å². The van der Waals surface area contributed by atoms with Crippen molar-refractivity contribution in [2.24, 2.45) is 0 Å². The van der Waals surface area contributed by atoms with E-state index in [4.69, 9.17) is 4.74 Å². The molecule has 0 atom stereocenters. The molecule has 0 saturated heterocycles. The molecule has 20 heavy (non-hydrogen) atoms. The molecule has 2 rings (SSSR count). The average Bonchev–Trinajstić information content (AvgIpc) is 3.21. The third-order valence-electron chi connectivity index (χ3n) is 3.51. The second kappa shape index (κ2) is 6.55. The Morgan fingerprint density at radius 1 is 1.25 bits per heavy atom. The number of ether oxygens (including phenoxy) is 1. The molecular weight excluding hydrogens is 254 g/mol. The van der Waals surface area contributed by atoms with Gasteiger partial charge in [0.15, 0.2) is 0 Å². The van der Waals surface area contributed by atoms with Gasteiger partial charge in [-0.1, -0.05) is 30.3 Å². The summed E-state index contributed by atoms with van der Waals surface area (Å²) in [6, 6.07) is 10.1. The molecule has 0 heterocycles. The zero-order chi connectivity index (χ0) is 14.4. The van der Waals surface area contributed by atoms with Gasteiger partial charge in [-0.15, -0.1) is 0 Å². The van der Waals surface area contributed by atoms with Crippen LogP contribution >= 0.6 is 0 Å². The van der Waals surface area contributed by atoms with E-state index in [9.17, 15) is 9.59 Å². The number of carbonyl (C=O) groups is 2. The van der Waals surface area contributed by atoms with Gasteiger partial charge in [0.05, 0.1) is 6.61 Å². The van der Waals surface area contributed by atoms with Crippen molar-refractivity contribution in [1.82, 2.24) is 5.32 Å². The highest BCUT2D eigenvalue weighted by molar-refractivity contribution is 5.90. The Kier molecular flexibility index (Phi) is 4.77. The molecule has 0 aliphatic heterocycles. The summed E-state index contributed by atoms with van der Waals surface area (Å²) in [6.45, 7) is 2.13. The van der Waals surface area contributed by atoms with Gasteiger partial charge in [-0.05, 0) is 38.2 Å². The summed E-state index contributed by atoms with van der Waals surface area (Å²) in [6.07, 6.45) is 3.48. The van der Waals surface area contributed by atoms with Crippen LogP contribution in [0.5, 0.6) is 0 Å². The van der Waals surface area contributed by atoms with Gasteiger partial charge in [0, 0.05) is 6.42 Å². The highest BCUT2D eigenvalue weighted by Crippen LogP contribution is 2.36. The van der Waals surface area contributed by atoms with Crippen LogP contribution in [0.2, 0.25) is 0 Å². The lowest BCUT2D eigenvalue weighted by Crippen LogP contribution is -2.44. The van der Waals surface area contributed by atoms with Crippen LogP contribution in [0.1, 0.15) is 38.2 Å². The number of amides is 1. The zero-order valence-corrected chi connectivity index (χ0v) is 11.9. The van der Waals surface area contributed by atoms with Crippen LogP contribution in [0.3, 0.4) is 0 Å². The first-order valence-corrected chi connectivity index (χ1v) is 7.18. The van der Waals surface area contributed by atoms with Crippen molar-refractivity contribution in [2.75, 3.05) is 6.61 Å². The molecule has 0 spiro atoms. The molecule has 1 N–H and O–H groups in total. The van der Waals surface area contributed by atoms with E-state index in [0.717, 1.165) is 12.8 Å². The van der Waals surface area contributed by atoms with Crippen LogP contribution in [-0.2, 0) is 20.7 Å². The van der Waals surface area contributed by atoms with Gasteiger partial charge in [0.2, 0.25) is 5.91 Å². The molecule has 0 radical (unpaired) electrons. The van der Waals surface area contributed by atoms with Gasteiger partial charge in [-0.25, -0.2) is 4.79 Å². The quantitative estimate of drug-likeness (QED) is 0.776. The van der Waals surface area contributed by atoms with E-state index in [0.29, 0.717) is 25.9 Å². The number of benzene rings is 1. The summed E-state index contributed by atoms with van der Waals surface area (Å²) in [5, 5.41) is 2.82. The van der Waals surface area contributed by atoms with E-state index in [2.05, 4.69) is 17.4 Å². The Balaban J connectivity index is 1.72. The average molecular weight is 275 g/mol. The summed E-state index contributed by atoms with van der Waals surface area (Å²) in [5.74, 6) is -0.358. The van der Waals surface area contributed by atoms with Crippen molar-refractivity contribution in [3.8, 4) is 0 Å². The normalized spacial score (nSPS) is 15.4. The number of hydrogen-bond acceptors (Lipinski definition) is 3. The number of carbonyl (C=O) groups excluding carboxylic acids is 2. The van der Waals surface area contributed by atoms with E-state index in [1.165, 1.54) is 5.56 Å². The minimum atomic E-state index is -0.722. The maximum atomic E-state index is 11.9. The number of esters is 1. The third kappa shape index (κ3) is 3.83. The molecule has 1 saturated carbocycles. The smallest absolute Gasteiger partial charge is 0.331 e. The van der Waals surface area contributed by atoms with Gasteiger partial charge < -0.3 is 10.1 Å². The minimum Gasteiger partial charge on any atom is -0.464 e. The standard InChI is InChI=1S/C16H21NO3/c1-2-20-15(19)16(11-12-16)17-14(18)10-6-9-13-7-4-3-5-8-13/h3-5,7-8H,2,6,9-12H2,1H3,(H,17,18). The fourth-order valence-corrected chi connectivity index (χ4v) is 2.20. The molecule has 1 aromatic carbocycles. The highest BCUT2D eigenvalue weighted by Gasteiger charge is 2.52. The van der Waals surface area contributed by atoms with E-state index in [1.54, 1.807) is 6.92 Å². The molecule has 1 amide bonds. The van der Waals surface area contributed by atoms with E-state index in [1.807, 2.05) is 18.2 Å². The van der Waals surface area contributed by atoms with Gasteiger partial charge in [-0.2, -0.15) is 0 Å². The first kappa shape index (κ1) is 14.6. The molecule has 1 aliphatic rings. The van der Waals surface area contributed by atoms with Crippen LogP contribution in [0.4, 0.5) is 0 Å². The fraction of sp³-hybridized carbons (Fsp3) is 0.500. The largest absolute Gasteiger partial charge is 0.464 e. The second-order valence-electron chi connectivity index (χ2n) is 5.19. The van der Waals surface area contributed by atoms with Crippen molar-refractivity contribution in [3.63, 3.8) is 0 Å². The number of nitrogens with one attached hydrogen (secondary N) is 1. The predicted octanol–water partition coefficient (Wildman–Crippen LogP) is 2.22. The second-order valence-corrected chi connectivity index (χ2v) is 5.19. The van der Waals surface area contributed by atoms with E-state index in [-0.39, 0.29) is 11.9 Å². The van der Waals surface area contributed by atoms with Crippen LogP contribution in [0.25, 0.3) is 0 Å². The van der Waals surface area contributed by atoms with Crippen LogP contribution < -0.4 is 5.32 Å². The lowest BCUT2D eigenvalue weighted by atomic mass is 10.1. The Hall–Kier alpha value is -1.84. The summed E-state index contributed by atoms with van der Waals surface area (Å²) in [5.41, 5.74) is 0.506. The first-order chi connectivity index (χ1) is 9.66. The maximum absolute atomic E-state index is 11.9. The SMILES string of the molecule is CCOC(=O)C1(NC(=O)CCCc2ccccc2)CC1. The van der Waals surface area contributed by atoms with Crippen LogP contribution in [0, 0.1) is 0 Å². The van der Waals surface area contributed by atoms with E-state index >= 15 is 0 Å². The summed E-state index contributed by atoms with van der Waals surface area (Å²) < 4.78 is 4.99. The van der Waals surface area contributed by atoms with Crippen molar-refractivity contribution in [1.29, 1.82) is 0 Å². The van der Waals surface area contributed by atoms with Gasteiger partial charge >= 0.3 is 5.97 Å². The molecule has 1 aliphatic carbocycles. The van der Waals surface area contributed by atoms with Crippen molar-refractivity contribution in [3.05, 3.63) is 35.9 Å². The highest BCUT2D eigenvalue weighted by atomic mass is 16.5. The third-order valence-corrected chi connectivity index (χ3v) is 3.51. The molecule has 0 bridgehead atoms. The predicted molar refractivity (Wildman–Crippen MR) is 76.1 cm³/mol. The summed E-state index contributed by atoms with van der Waals surface area (Å²) in [7, 11) is 0. The van der Waals surface area contributed by atoms with Crippen molar-refractivity contribution in [2.45, 2.75) is 44.6 Å². The molecule has 0 unspecified atom stereocenters. The van der Waals surface area contributed by atoms with Crippen LogP contribution in [0.15, 0.2) is 30.3 Å². The number of rotatable bonds is 7. The molecule has 1 fully saturated rings. The Morgan fingerprint density at radius 2 is 1.95 bits per heavy atom. The molecule has 0 aromatic heterocycles. The van der Waals surface area contributed by atoms with Gasteiger partial charge in [0.25, 0.3) is 0 Å². The number of hydrogen-bond donors (Lipinski definition) is 1. The van der Waals surface area contributed by atoms with Gasteiger partial charge in [-0.3, -0.25) is 4.79 Å². The van der Waals surface area contributed by atoms with E-state index < -0.39 is 5.54 Å². The first-order valence-electron chi connectivity index (χ1n) is 7.18. The van der Waals surface area contributed by atoms with Crippen molar-refractivity contribution >= 4 is 11.9 Å². The van der Waals surface area contributed by atoms with Gasteiger partial charge in [0.1, 0.15) is 5.54 Å². The fourth-order valence-electron chi connectivity index (χ4n) is 2.20. The topological polar surface area (TPSA) is 55.4 Å². The Morgan fingerprint density at radius 3 is 2.55 bits per heavy atom. The zero-order valence-electron chi connectivity index (χ0n) is 11.9. The lowest BCUT2D eigenvalue weighted by Gasteiger charge is -2.15. The molecular formula is C16H21NO3. The maximum Gasteiger partial charge on any atom is 0.331 e. The minimum absolute atomic E-state index is 0.0634. The monoisotopic (exact) mass is 275 g/mol. The Labute approximate surface area is 119 Å². The summed E-state index contributed by atoms with van der Waals surface area (Å²) >= 11 is 0. The molecule has 1 aromatic rings. The summed E-state index contributed by atoms with van der Waals surface area (Å²) in [4.78, 5) is 23.6. The lowest BCUT2D eigenvalue weighted by molar-refractivity contribution is -0.148. The molecule has 4 nitrogen and oxygen atoms in total. The molecule has 108 valence electrons. The van der Waals surface area contributed by atoms with Crippen LogP contribution in [-0.4, -0.2) is 24.0 Å².